The lowest BCUT2D eigenvalue weighted by atomic mass is 9.85. The largest absolute Gasteiger partial charge is 0.465 e. The lowest BCUT2D eigenvalue weighted by Crippen LogP contribution is -2.36. The van der Waals surface area contributed by atoms with Crippen LogP contribution in [0.5, 0.6) is 0 Å². The van der Waals surface area contributed by atoms with Gasteiger partial charge in [0.2, 0.25) is 0 Å². The zero-order valence-electron chi connectivity index (χ0n) is 8.24. The maximum absolute atomic E-state index is 10.6. The van der Waals surface area contributed by atoms with Gasteiger partial charge in [-0.25, -0.2) is 4.79 Å². The molecule has 0 radical (unpaired) electrons. The fraction of sp³-hybridized carbons (Fsp3) is 0.800. The van der Waals surface area contributed by atoms with Crippen LogP contribution in [0.15, 0.2) is 0 Å². The average Bonchev–Trinajstić information content (AvgIpc) is 2.17. The van der Waals surface area contributed by atoms with Gasteiger partial charge in [-0.3, -0.25) is 0 Å². The first-order chi connectivity index (χ1) is 6.72. The highest BCUT2D eigenvalue weighted by Crippen LogP contribution is 2.26. The second kappa shape index (κ2) is 5.62. The van der Waals surface area contributed by atoms with Crippen molar-refractivity contribution < 1.29 is 14.7 Å². The predicted molar refractivity (Wildman–Crippen MR) is 52.2 cm³/mol. The number of rotatable bonds is 4. The lowest BCUT2D eigenvalue weighted by molar-refractivity contribution is -0.109. The Morgan fingerprint density at radius 3 is 2.57 bits per heavy atom. The summed E-state index contributed by atoms with van der Waals surface area (Å²) in [6.45, 7) is 0. The Hall–Kier alpha value is -1.06. The number of nitrogens with one attached hydrogen (secondary N) is 1. The summed E-state index contributed by atoms with van der Waals surface area (Å²) in [5, 5.41) is 10.7. The van der Waals surface area contributed by atoms with Crippen LogP contribution in [0.25, 0.3) is 0 Å². The van der Waals surface area contributed by atoms with Gasteiger partial charge in [0.25, 0.3) is 0 Å². The van der Waals surface area contributed by atoms with E-state index in [4.69, 9.17) is 5.11 Å². The molecule has 0 unspecified atom stereocenters. The molecule has 1 aliphatic rings. The second-order valence-electron chi connectivity index (χ2n) is 3.93. The Balaban J connectivity index is 2.30. The summed E-state index contributed by atoms with van der Waals surface area (Å²) >= 11 is 0. The van der Waals surface area contributed by atoms with Crippen molar-refractivity contribution in [2.24, 2.45) is 5.92 Å². The van der Waals surface area contributed by atoms with Gasteiger partial charge < -0.3 is 15.2 Å². The van der Waals surface area contributed by atoms with Gasteiger partial charge in [-0.15, -0.1) is 0 Å². The minimum atomic E-state index is -1.11. The van der Waals surface area contributed by atoms with E-state index in [1.165, 1.54) is 19.3 Å². The van der Waals surface area contributed by atoms with Crippen LogP contribution in [0, 0.1) is 5.92 Å². The van der Waals surface area contributed by atoms with E-state index < -0.39 is 12.1 Å². The number of hydrogen-bond donors (Lipinski definition) is 2. The van der Waals surface area contributed by atoms with E-state index in [1.54, 1.807) is 0 Å². The van der Waals surface area contributed by atoms with E-state index in [-0.39, 0.29) is 0 Å². The minimum Gasteiger partial charge on any atom is -0.465 e. The van der Waals surface area contributed by atoms with E-state index >= 15 is 0 Å². The molecule has 0 heterocycles. The zero-order valence-corrected chi connectivity index (χ0v) is 8.24. The third-order valence-electron chi connectivity index (χ3n) is 2.79. The molecule has 1 saturated carbocycles. The molecule has 1 rings (SSSR count). The normalized spacial score (nSPS) is 20.0. The number of hydrogen-bond acceptors (Lipinski definition) is 2. The van der Waals surface area contributed by atoms with E-state index in [2.05, 4.69) is 5.32 Å². The molecule has 1 fully saturated rings. The molecule has 0 aromatic rings. The first kappa shape index (κ1) is 11.0. The topological polar surface area (TPSA) is 66.4 Å². The number of carbonyl (C=O) groups excluding carboxylic acids is 1. The quantitative estimate of drug-likeness (QED) is 0.678. The Labute approximate surface area is 83.7 Å². The van der Waals surface area contributed by atoms with Crippen LogP contribution in [0.2, 0.25) is 0 Å². The van der Waals surface area contributed by atoms with Gasteiger partial charge >= 0.3 is 6.09 Å². The van der Waals surface area contributed by atoms with Crippen LogP contribution >= 0.6 is 0 Å². The van der Waals surface area contributed by atoms with Crippen LogP contribution in [-0.4, -0.2) is 23.5 Å². The van der Waals surface area contributed by atoms with Crippen molar-refractivity contribution in [1.29, 1.82) is 0 Å². The fourth-order valence-corrected chi connectivity index (χ4v) is 2.09. The van der Waals surface area contributed by atoms with Crippen LogP contribution in [0.4, 0.5) is 4.79 Å². The molecule has 0 saturated heterocycles. The molecule has 1 atom stereocenters. The Bertz CT molecular complexity index is 200. The van der Waals surface area contributed by atoms with Crippen molar-refractivity contribution in [2.75, 3.05) is 0 Å². The molecule has 1 amide bonds. The van der Waals surface area contributed by atoms with Crippen molar-refractivity contribution in [1.82, 2.24) is 5.32 Å². The molecule has 14 heavy (non-hydrogen) atoms. The summed E-state index contributed by atoms with van der Waals surface area (Å²) in [5.41, 5.74) is 0. The SMILES string of the molecule is O=C[C@H](CC1CCCCC1)NC(=O)O. The van der Waals surface area contributed by atoms with Crippen molar-refractivity contribution in [3.63, 3.8) is 0 Å². The van der Waals surface area contributed by atoms with Crippen LogP contribution in [0.1, 0.15) is 38.5 Å². The molecule has 80 valence electrons. The standard InChI is InChI=1S/C10H17NO3/c12-7-9(11-10(13)14)6-8-4-2-1-3-5-8/h7-9,11H,1-6H2,(H,13,14)/t9-/m0/s1. The lowest BCUT2D eigenvalue weighted by Gasteiger charge is -2.23. The first-order valence-electron chi connectivity index (χ1n) is 5.17. The van der Waals surface area contributed by atoms with Crippen molar-refractivity contribution >= 4 is 12.4 Å². The Kier molecular flexibility index (Phi) is 4.43. The fourth-order valence-electron chi connectivity index (χ4n) is 2.09. The summed E-state index contributed by atoms with van der Waals surface area (Å²) in [4.78, 5) is 20.9. The van der Waals surface area contributed by atoms with Crippen LogP contribution in [-0.2, 0) is 4.79 Å². The third kappa shape index (κ3) is 3.77. The number of carbonyl (C=O) groups is 2. The van der Waals surface area contributed by atoms with E-state index in [1.807, 2.05) is 0 Å². The van der Waals surface area contributed by atoms with Gasteiger partial charge in [0.15, 0.2) is 0 Å². The molecule has 0 aliphatic heterocycles. The molecule has 0 bridgehead atoms. The highest BCUT2D eigenvalue weighted by atomic mass is 16.4. The molecule has 0 aromatic heterocycles. The third-order valence-corrected chi connectivity index (χ3v) is 2.79. The molecule has 0 spiro atoms. The van der Waals surface area contributed by atoms with Gasteiger partial charge in [0.05, 0.1) is 6.04 Å². The molecule has 2 N–H and O–H groups in total. The minimum absolute atomic E-state index is 0.518. The van der Waals surface area contributed by atoms with Crippen LogP contribution < -0.4 is 5.32 Å². The van der Waals surface area contributed by atoms with E-state index in [0.717, 1.165) is 12.8 Å². The molecule has 1 aliphatic carbocycles. The Morgan fingerprint density at radius 1 is 1.43 bits per heavy atom. The number of carboxylic acid groups (broad SMARTS) is 1. The van der Waals surface area contributed by atoms with Crippen molar-refractivity contribution in [3.05, 3.63) is 0 Å². The van der Waals surface area contributed by atoms with Gasteiger partial charge in [0, 0.05) is 0 Å². The highest BCUT2D eigenvalue weighted by molar-refractivity contribution is 5.71. The van der Waals surface area contributed by atoms with Gasteiger partial charge in [-0.2, -0.15) is 0 Å². The molecule has 4 nitrogen and oxygen atoms in total. The summed E-state index contributed by atoms with van der Waals surface area (Å²) in [7, 11) is 0. The maximum Gasteiger partial charge on any atom is 0.405 e. The smallest absolute Gasteiger partial charge is 0.405 e. The maximum atomic E-state index is 10.6. The first-order valence-corrected chi connectivity index (χ1v) is 5.17. The molecular weight excluding hydrogens is 182 g/mol. The Morgan fingerprint density at radius 2 is 2.07 bits per heavy atom. The summed E-state index contributed by atoms with van der Waals surface area (Å²) < 4.78 is 0. The summed E-state index contributed by atoms with van der Waals surface area (Å²) in [6.07, 6.45) is 6.20. The monoisotopic (exact) mass is 199 g/mol. The molecule has 0 aromatic carbocycles. The second-order valence-corrected chi connectivity index (χ2v) is 3.93. The number of aldehydes is 1. The van der Waals surface area contributed by atoms with E-state index in [9.17, 15) is 9.59 Å². The molecular formula is C10H17NO3. The van der Waals surface area contributed by atoms with Gasteiger partial charge in [0.1, 0.15) is 6.29 Å². The number of amides is 1. The van der Waals surface area contributed by atoms with Crippen molar-refractivity contribution in [3.8, 4) is 0 Å². The zero-order chi connectivity index (χ0) is 10.4. The van der Waals surface area contributed by atoms with E-state index in [0.29, 0.717) is 18.6 Å². The summed E-state index contributed by atoms with van der Waals surface area (Å²) in [5.74, 6) is 0.519. The van der Waals surface area contributed by atoms with Gasteiger partial charge in [-0.05, 0) is 12.3 Å². The van der Waals surface area contributed by atoms with Crippen LogP contribution in [0.3, 0.4) is 0 Å². The van der Waals surface area contributed by atoms with Gasteiger partial charge in [-0.1, -0.05) is 32.1 Å². The summed E-state index contributed by atoms with van der Waals surface area (Å²) in [6, 6.07) is -0.518. The van der Waals surface area contributed by atoms with Crippen molar-refractivity contribution in [2.45, 2.75) is 44.6 Å². The molecule has 4 heteroatoms. The highest BCUT2D eigenvalue weighted by Gasteiger charge is 2.19. The average molecular weight is 199 g/mol. The predicted octanol–water partition coefficient (Wildman–Crippen LogP) is 1.79.